The van der Waals surface area contributed by atoms with Crippen molar-refractivity contribution in [3.8, 4) is 0 Å². The van der Waals surface area contributed by atoms with E-state index in [1.807, 2.05) is 6.92 Å². The normalized spacial score (nSPS) is 19.2. The fourth-order valence-electron chi connectivity index (χ4n) is 1.73. The van der Waals surface area contributed by atoms with Crippen molar-refractivity contribution in [3.05, 3.63) is 0 Å². The third kappa shape index (κ3) is 5.65. The molecule has 0 aromatic heterocycles. The molecule has 12 heavy (non-hydrogen) atoms. The van der Waals surface area contributed by atoms with Crippen molar-refractivity contribution in [1.82, 2.24) is 0 Å². The van der Waals surface area contributed by atoms with E-state index < -0.39 is 0 Å². The first kappa shape index (κ1) is 12.0. The van der Waals surface area contributed by atoms with E-state index in [2.05, 4.69) is 28.6 Å². The van der Waals surface area contributed by atoms with Gasteiger partial charge in [0.15, 0.2) is 0 Å². The highest BCUT2D eigenvalue weighted by atomic mass is 16.3. The smallest absolute Gasteiger partial charge is 0.105 e. The largest absolute Gasteiger partial charge is 0.393 e. The molecule has 0 fully saturated rings. The van der Waals surface area contributed by atoms with Crippen LogP contribution in [0.15, 0.2) is 0 Å². The molecule has 3 atom stereocenters. The molecule has 0 amide bonds. The molecule has 2 heteroatoms. The average Bonchev–Trinajstić information content (AvgIpc) is 1.84. The second kappa shape index (κ2) is 5.63. The van der Waals surface area contributed by atoms with E-state index in [0.29, 0.717) is 5.92 Å². The van der Waals surface area contributed by atoms with Crippen LogP contribution in [0.1, 0.15) is 40.5 Å². The highest BCUT2D eigenvalue weighted by Crippen LogP contribution is 2.23. The minimum atomic E-state index is -0.153. The summed E-state index contributed by atoms with van der Waals surface area (Å²) < 4.78 is 0. The van der Waals surface area contributed by atoms with Crippen LogP contribution in [0.5, 0.6) is 0 Å². The SMILES string of the molecule is B[C@@H](CC(C)C)CC(C)[C@@H](C)O. The number of rotatable bonds is 5. The molecule has 0 aromatic carbocycles. The fourth-order valence-corrected chi connectivity index (χ4v) is 1.73. The second-order valence-electron chi connectivity index (χ2n) is 4.69. The van der Waals surface area contributed by atoms with Crippen molar-refractivity contribution in [2.24, 2.45) is 11.8 Å². The van der Waals surface area contributed by atoms with E-state index in [-0.39, 0.29) is 6.10 Å². The molecular weight excluding hydrogens is 147 g/mol. The van der Waals surface area contributed by atoms with Crippen LogP contribution in [0.2, 0.25) is 5.82 Å². The number of hydrogen-bond acceptors (Lipinski definition) is 1. The van der Waals surface area contributed by atoms with Gasteiger partial charge in [-0.1, -0.05) is 39.4 Å². The maximum Gasteiger partial charge on any atom is 0.105 e. The summed E-state index contributed by atoms with van der Waals surface area (Å²) >= 11 is 0. The molecule has 0 saturated heterocycles. The molecule has 0 aliphatic carbocycles. The zero-order chi connectivity index (χ0) is 9.72. The van der Waals surface area contributed by atoms with E-state index in [0.717, 1.165) is 18.2 Å². The Kier molecular flexibility index (Phi) is 5.64. The van der Waals surface area contributed by atoms with Crippen LogP contribution in [0.3, 0.4) is 0 Å². The van der Waals surface area contributed by atoms with Crippen LogP contribution in [0, 0.1) is 11.8 Å². The Labute approximate surface area is 78.0 Å². The zero-order valence-electron chi connectivity index (χ0n) is 9.17. The molecule has 0 heterocycles. The Hall–Kier alpha value is 0.0249. The molecular formula is C10H23BO. The minimum absolute atomic E-state index is 0.153. The highest BCUT2D eigenvalue weighted by Gasteiger charge is 2.13. The van der Waals surface area contributed by atoms with Crippen LogP contribution in [-0.2, 0) is 0 Å². The Morgan fingerprint density at radius 1 is 1.08 bits per heavy atom. The molecule has 0 spiro atoms. The van der Waals surface area contributed by atoms with E-state index in [1.54, 1.807) is 0 Å². The van der Waals surface area contributed by atoms with Crippen molar-refractivity contribution in [2.45, 2.75) is 52.5 Å². The summed E-state index contributed by atoms with van der Waals surface area (Å²) in [5.74, 6) is 1.97. The van der Waals surface area contributed by atoms with Gasteiger partial charge in [-0.2, -0.15) is 0 Å². The number of aliphatic hydroxyl groups is 1. The lowest BCUT2D eigenvalue weighted by molar-refractivity contribution is 0.128. The predicted octanol–water partition coefficient (Wildman–Crippen LogP) is 1.86. The number of aliphatic hydroxyl groups excluding tert-OH is 1. The average molecular weight is 170 g/mol. The third-order valence-electron chi connectivity index (χ3n) is 2.47. The first-order chi connectivity index (χ1) is 5.43. The van der Waals surface area contributed by atoms with Gasteiger partial charge in [-0.25, -0.2) is 0 Å². The van der Waals surface area contributed by atoms with Crippen LogP contribution in [0.4, 0.5) is 0 Å². The van der Waals surface area contributed by atoms with Crippen molar-refractivity contribution in [1.29, 1.82) is 0 Å². The van der Waals surface area contributed by atoms with Gasteiger partial charge in [0, 0.05) is 0 Å². The molecule has 1 N–H and O–H groups in total. The summed E-state index contributed by atoms with van der Waals surface area (Å²) in [4.78, 5) is 0. The molecule has 0 aliphatic rings. The molecule has 0 bridgehead atoms. The zero-order valence-corrected chi connectivity index (χ0v) is 9.17. The lowest BCUT2D eigenvalue weighted by Crippen LogP contribution is -2.15. The van der Waals surface area contributed by atoms with E-state index in [1.165, 1.54) is 6.42 Å². The van der Waals surface area contributed by atoms with E-state index in [4.69, 9.17) is 0 Å². The topological polar surface area (TPSA) is 20.2 Å². The molecule has 0 aromatic rings. The quantitative estimate of drug-likeness (QED) is 0.624. The van der Waals surface area contributed by atoms with Gasteiger partial charge in [0.1, 0.15) is 7.85 Å². The molecule has 1 nitrogen and oxygen atoms in total. The first-order valence-electron chi connectivity index (χ1n) is 5.11. The van der Waals surface area contributed by atoms with Gasteiger partial charge in [0.05, 0.1) is 6.10 Å². The summed E-state index contributed by atoms with van der Waals surface area (Å²) in [5.41, 5.74) is 0. The molecule has 0 saturated carbocycles. The van der Waals surface area contributed by atoms with Gasteiger partial charge in [0.2, 0.25) is 0 Å². The second-order valence-corrected chi connectivity index (χ2v) is 4.69. The molecule has 0 radical (unpaired) electrons. The Balaban J connectivity index is 3.61. The van der Waals surface area contributed by atoms with Crippen molar-refractivity contribution in [2.75, 3.05) is 0 Å². The molecule has 0 rings (SSSR count). The van der Waals surface area contributed by atoms with Crippen molar-refractivity contribution < 1.29 is 5.11 Å². The summed E-state index contributed by atoms with van der Waals surface area (Å²) in [6, 6.07) is 0. The lowest BCUT2D eigenvalue weighted by Gasteiger charge is -2.20. The van der Waals surface area contributed by atoms with Crippen LogP contribution in [-0.4, -0.2) is 19.1 Å². The maximum absolute atomic E-state index is 9.30. The van der Waals surface area contributed by atoms with Gasteiger partial charge >= 0.3 is 0 Å². The Bertz CT molecular complexity index is 112. The van der Waals surface area contributed by atoms with E-state index in [9.17, 15) is 5.11 Å². The fraction of sp³-hybridized carbons (Fsp3) is 1.00. The van der Waals surface area contributed by atoms with Gasteiger partial charge in [-0.3, -0.25) is 0 Å². The van der Waals surface area contributed by atoms with Gasteiger partial charge in [-0.05, 0) is 18.8 Å². The number of hydrogen-bond donors (Lipinski definition) is 1. The summed E-state index contributed by atoms with van der Waals surface area (Å²) in [6.45, 7) is 8.52. The molecule has 0 aliphatic heterocycles. The highest BCUT2D eigenvalue weighted by molar-refractivity contribution is 6.11. The molecule has 72 valence electrons. The van der Waals surface area contributed by atoms with Crippen molar-refractivity contribution >= 4 is 7.85 Å². The van der Waals surface area contributed by atoms with Crippen LogP contribution >= 0.6 is 0 Å². The third-order valence-corrected chi connectivity index (χ3v) is 2.47. The summed E-state index contributed by atoms with van der Waals surface area (Å²) in [6.07, 6.45) is 2.27. The van der Waals surface area contributed by atoms with Gasteiger partial charge < -0.3 is 5.11 Å². The Morgan fingerprint density at radius 3 is 1.92 bits per heavy atom. The lowest BCUT2D eigenvalue weighted by atomic mass is 9.74. The predicted molar refractivity (Wildman–Crippen MR) is 57.2 cm³/mol. The molecule has 1 unspecified atom stereocenters. The van der Waals surface area contributed by atoms with Crippen LogP contribution < -0.4 is 0 Å². The van der Waals surface area contributed by atoms with Crippen LogP contribution in [0.25, 0.3) is 0 Å². The summed E-state index contributed by atoms with van der Waals surface area (Å²) in [5, 5.41) is 9.30. The van der Waals surface area contributed by atoms with Crippen molar-refractivity contribution in [3.63, 3.8) is 0 Å². The van der Waals surface area contributed by atoms with E-state index >= 15 is 0 Å². The standard InChI is InChI=1S/C10H23BO/c1-7(2)5-10(11)6-8(3)9(4)12/h7-10,12H,5-6,11H2,1-4H3/t8?,9-,10+/m1/s1. The maximum atomic E-state index is 9.30. The van der Waals surface area contributed by atoms with Gasteiger partial charge in [0.25, 0.3) is 0 Å². The summed E-state index contributed by atoms with van der Waals surface area (Å²) in [7, 11) is 2.28. The first-order valence-corrected chi connectivity index (χ1v) is 5.11. The monoisotopic (exact) mass is 170 g/mol. The Morgan fingerprint density at radius 2 is 1.58 bits per heavy atom. The van der Waals surface area contributed by atoms with Gasteiger partial charge in [-0.15, -0.1) is 0 Å². The minimum Gasteiger partial charge on any atom is -0.393 e.